The molecular weight excluding hydrogens is 344 g/mol. The molecule has 0 saturated heterocycles. The van der Waals surface area contributed by atoms with Gasteiger partial charge in [-0.2, -0.15) is 0 Å². The first-order valence-electron chi connectivity index (χ1n) is 8.28. The standard InChI is InChI=1S/C20H20N4O3/c1-13-4-6-14(7-5-13)23-20(25)17-11-19(22-12-21-17)24-16-10-15(26-2)8-9-18(16)27-3/h4-12H,1-3H3,(H,23,25)(H,21,22,24). The van der Waals surface area contributed by atoms with Gasteiger partial charge in [-0.15, -0.1) is 0 Å². The van der Waals surface area contributed by atoms with Gasteiger partial charge in [-0.25, -0.2) is 9.97 Å². The molecule has 3 rings (SSSR count). The number of carbonyl (C=O) groups is 1. The Bertz CT molecular complexity index is 942. The Balaban J connectivity index is 1.79. The highest BCUT2D eigenvalue weighted by molar-refractivity contribution is 6.03. The summed E-state index contributed by atoms with van der Waals surface area (Å²) in [6.45, 7) is 1.99. The minimum absolute atomic E-state index is 0.245. The minimum atomic E-state index is -0.318. The lowest BCUT2D eigenvalue weighted by Gasteiger charge is -2.12. The van der Waals surface area contributed by atoms with Crippen molar-refractivity contribution >= 4 is 23.1 Å². The zero-order valence-corrected chi connectivity index (χ0v) is 15.3. The highest BCUT2D eigenvalue weighted by Gasteiger charge is 2.11. The third kappa shape index (κ3) is 4.52. The number of hydrogen-bond donors (Lipinski definition) is 2. The zero-order chi connectivity index (χ0) is 19.2. The van der Waals surface area contributed by atoms with E-state index in [-0.39, 0.29) is 11.6 Å². The van der Waals surface area contributed by atoms with Gasteiger partial charge >= 0.3 is 0 Å². The molecule has 0 spiro atoms. The number of aromatic nitrogens is 2. The third-order valence-corrected chi connectivity index (χ3v) is 3.88. The van der Waals surface area contributed by atoms with Crippen molar-refractivity contribution < 1.29 is 14.3 Å². The molecule has 3 aromatic rings. The average Bonchev–Trinajstić information content (AvgIpc) is 2.70. The molecule has 1 amide bonds. The molecule has 138 valence electrons. The number of rotatable bonds is 6. The van der Waals surface area contributed by atoms with Crippen molar-refractivity contribution in [1.29, 1.82) is 0 Å². The van der Waals surface area contributed by atoms with E-state index in [4.69, 9.17) is 9.47 Å². The lowest BCUT2D eigenvalue weighted by atomic mass is 10.2. The van der Waals surface area contributed by atoms with Crippen LogP contribution in [-0.2, 0) is 0 Å². The van der Waals surface area contributed by atoms with E-state index < -0.39 is 0 Å². The first-order valence-corrected chi connectivity index (χ1v) is 8.28. The Morgan fingerprint density at radius 1 is 0.963 bits per heavy atom. The normalized spacial score (nSPS) is 10.2. The summed E-state index contributed by atoms with van der Waals surface area (Å²) in [6.07, 6.45) is 1.33. The Kier molecular flexibility index (Phi) is 5.51. The first kappa shape index (κ1) is 18.2. The molecule has 7 heteroatoms. The van der Waals surface area contributed by atoms with Crippen molar-refractivity contribution in [2.75, 3.05) is 24.9 Å². The largest absolute Gasteiger partial charge is 0.497 e. The maximum Gasteiger partial charge on any atom is 0.274 e. The van der Waals surface area contributed by atoms with Crippen LogP contribution in [0.25, 0.3) is 0 Å². The summed E-state index contributed by atoms with van der Waals surface area (Å²) in [7, 11) is 3.16. The van der Waals surface area contributed by atoms with Gasteiger partial charge in [-0.3, -0.25) is 4.79 Å². The highest BCUT2D eigenvalue weighted by Crippen LogP contribution is 2.31. The fourth-order valence-corrected chi connectivity index (χ4v) is 2.43. The molecule has 0 aliphatic carbocycles. The van der Waals surface area contributed by atoms with E-state index in [1.165, 1.54) is 6.33 Å². The molecule has 2 N–H and O–H groups in total. The Labute approximate surface area is 157 Å². The van der Waals surface area contributed by atoms with Gasteiger partial charge in [0.15, 0.2) is 0 Å². The Hall–Kier alpha value is -3.61. The molecule has 1 heterocycles. The van der Waals surface area contributed by atoms with E-state index >= 15 is 0 Å². The second-order valence-corrected chi connectivity index (χ2v) is 5.80. The average molecular weight is 364 g/mol. The number of nitrogens with one attached hydrogen (secondary N) is 2. The third-order valence-electron chi connectivity index (χ3n) is 3.88. The van der Waals surface area contributed by atoms with Crippen LogP contribution in [0.3, 0.4) is 0 Å². The van der Waals surface area contributed by atoms with E-state index in [0.717, 1.165) is 5.56 Å². The fourth-order valence-electron chi connectivity index (χ4n) is 2.43. The molecule has 1 aromatic heterocycles. The van der Waals surface area contributed by atoms with Crippen LogP contribution in [0.15, 0.2) is 54.9 Å². The van der Waals surface area contributed by atoms with Crippen molar-refractivity contribution in [3.63, 3.8) is 0 Å². The lowest BCUT2D eigenvalue weighted by molar-refractivity contribution is 0.102. The number of methoxy groups -OCH3 is 2. The molecule has 0 radical (unpaired) electrons. The molecule has 2 aromatic carbocycles. The van der Waals surface area contributed by atoms with Gasteiger partial charge in [0.2, 0.25) is 0 Å². The fraction of sp³-hybridized carbons (Fsp3) is 0.150. The van der Waals surface area contributed by atoms with Crippen molar-refractivity contribution in [3.05, 3.63) is 66.1 Å². The van der Waals surface area contributed by atoms with Crippen molar-refractivity contribution in [2.24, 2.45) is 0 Å². The molecule has 7 nitrogen and oxygen atoms in total. The number of amides is 1. The van der Waals surface area contributed by atoms with Crippen molar-refractivity contribution in [2.45, 2.75) is 6.92 Å². The van der Waals surface area contributed by atoms with Gasteiger partial charge in [0.25, 0.3) is 5.91 Å². The summed E-state index contributed by atoms with van der Waals surface area (Å²) in [4.78, 5) is 20.7. The molecule has 27 heavy (non-hydrogen) atoms. The van der Waals surface area contributed by atoms with Crippen molar-refractivity contribution in [1.82, 2.24) is 9.97 Å². The molecule has 0 aliphatic rings. The summed E-state index contributed by atoms with van der Waals surface area (Å²) in [5.41, 5.74) is 2.73. The lowest BCUT2D eigenvalue weighted by Crippen LogP contribution is -2.14. The predicted octanol–water partition coefficient (Wildman–Crippen LogP) is 3.80. The predicted molar refractivity (Wildman–Crippen MR) is 104 cm³/mol. The number of aryl methyl sites for hydroxylation is 1. The van der Waals surface area contributed by atoms with Crippen LogP contribution in [0, 0.1) is 6.92 Å². The summed E-state index contributed by atoms with van der Waals surface area (Å²) in [5, 5.41) is 5.94. The molecule has 0 saturated carbocycles. The SMILES string of the molecule is COc1ccc(OC)c(Nc2cc(C(=O)Nc3ccc(C)cc3)ncn2)c1. The summed E-state index contributed by atoms with van der Waals surface area (Å²) >= 11 is 0. The molecule has 0 unspecified atom stereocenters. The Morgan fingerprint density at radius 3 is 2.44 bits per heavy atom. The maximum atomic E-state index is 12.5. The van der Waals surface area contributed by atoms with Crippen LogP contribution in [0.4, 0.5) is 17.2 Å². The molecule has 0 aliphatic heterocycles. The summed E-state index contributed by atoms with van der Waals surface area (Å²) in [5.74, 6) is 1.44. The molecule has 0 atom stereocenters. The summed E-state index contributed by atoms with van der Waals surface area (Å²) in [6, 6.07) is 14.5. The number of benzene rings is 2. The van der Waals surface area contributed by atoms with Crippen molar-refractivity contribution in [3.8, 4) is 11.5 Å². The van der Waals surface area contributed by atoms with Gasteiger partial charge in [-0.1, -0.05) is 17.7 Å². The van der Waals surface area contributed by atoms with Crippen LogP contribution in [0.2, 0.25) is 0 Å². The minimum Gasteiger partial charge on any atom is -0.497 e. The molecular formula is C20H20N4O3. The van der Waals surface area contributed by atoms with Gasteiger partial charge < -0.3 is 20.1 Å². The Morgan fingerprint density at radius 2 is 1.74 bits per heavy atom. The van der Waals surface area contributed by atoms with Crippen LogP contribution < -0.4 is 20.1 Å². The first-order chi connectivity index (χ1) is 13.1. The van der Waals surface area contributed by atoms with E-state index in [9.17, 15) is 4.79 Å². The second kappa shape index (κ2) is 8.18. The number of hydrogen-bond acceptors (Lipinski definition) is 6. The van der Waals surface area contributed by atoms with Gasteiger partial charge in [-0.05, 0) is 31.2 Å². The summed E-state index contributed by atoms with van der Waals surface area (Å²) < 4.78 is 10.6. The van der Waals surface area contributed by atoms with E-state index in [2.05, 4.69) is 20.6 Å². The number of nitrogens with zero attached hydrogens (tertiary/aromatic N) is 2. The van der Waals surface area contributed by atoms with Gasteiger partial charge in [0, 0.05) is 17.8 Å². The van der Waals surface area contributed by atoms with E-state index in [0.29, 0.717) is 28.7 Å². The topological polar surface area (TPSA) is 85.4 Å². The molecule has 0 bridgehead atoms. The van der Waals surface area contributed by atoms with Gasteiger partial charge in [0.1, 0.15) is 29.3 Å². The maximum absolute atomic E-state index is 12.5. The van der Waals surface area contributed by atoms with Crippen LogP contribution in [-0.4, -0.2) is 30.1 Å². The number of ether oxygens (including phenoxy) is 2. The smallest absolute Gasteiger partial charge is 0.274 e. The van der Waals surface area contributed by atoms with Crippen LogP contribution >= 0.6 is 0 Å². The van der Waals surface area contributed by atoms with E-state index in [1.807, 2.05) is 31.2 Å². The highest BCUT2D eigenvalue weighted by atomic mass is 16.5. The molecule has 0 fully saturated rings. The van der Waals surface area contributed by atoms with E-state index in [1.54, 1.807) is 38.5 Å². The van der Waals surface area contributed by atoms with Gasteiger partial charge in [0.05, 0.1) is 19.9 Å². The van der Waals surface area contributed by atoms with Crippen LogP contribution in [0.1, 0.15) is 16.1 Å². The number of anilines is 3. The quantitative estimate of drug-likeness (QED) is 0.692. The van der Waals surface area contributed by atoms with Crippen LogP contribution in [0.5, 0.6) is 11.5 Å². The monoisotopic (exact) mass is 364 g/mol. The zero-order valence-electron chi connectivity index (χ0n) is 15.3. The number of carbonyl (C=O) groups excluding carboxylic acids is 1. The second-order valence-electron chi connectivity index (χ2n) is 5.80.